The molecule has 134 valence electrons. The molecule has 0 fully saturated rings. The Kier molecular flexibility index (Phi) is 6.80. The molecule has 0 spiro atoms. The summed E-state index contributed by atoms with van der Waals surface area (Å²) >= 11 is 0. The Hall–Kier alpha value is -3.27. The molecule has 0 atom stereocenters. The van der Waals surface area contributed by atoms with E-state index in [4.69, 9.17) is 5.26 Å². The highest BCUT2D eigenvalue weighted by molar-refractivity contribution is 5.94. The molecule has 2 aromatic rings. The van der Waals surface area contributed by atoms with Crippen LogP contribution >= 0.6 is 0 Å². The van der Waals surface area contributed by atoms with Crippen molar-refractivity contribution < 1.29 is 18.4 Å². The molecule has 0 unspecified atom stereocenters. The molecule has 2 aromatic carbocycles. The van der Waals surface area contributed by atoms with Crippen LogP contribution in [-0.2, 0) is 11.3 Å². The van der Waals surface area contributed by atoms with Crippen molar-refractivity contribution in [1.82, 2.24) is 10.2 Å². The molecule has 0 aliphatic carbocycles. The smallest absolute Gasteiger partial charge is 0.254 e. The normalized spacial score (nSPS) is 10.0. The van der Waals surface area contributed by atoms with Gasteiger partial charge >= 0.3 is 0 Å². The van der Waals surface area contributed by atoms with E-state index in [2.05, 4.69) is 5.32 Å². The second-order valence-electron chi connectivity index (χ2n) is 5.52. The lowest BCUT2D eigenvalue weighted by molar-refractivity contribution is -0.131. The van der Waals surface area contributed by atoms with E-state index >= 15 is 0 Å². The second-order valence-corrected chi connectivity index (χ2v) is 5.52. The van der Waals surface area contributed by atoms with Crippen LogP contribution < -0.4 is 5.32 Å². The second kappa shape index (κ2) is 9.28. The predicted octanol–water partition coefficient (Wildman–Crippen LogP) is 2.64. The van der Waals surface area contributed by atoms with E-state index in [1.807, 2.05) is 36.4 Å². The fourth-order valence-corrected chi connectivity index (χ4v) is 2.33. The van der Waals surface area contributed by atoms with Crippen LogP contribution in [0.4, 0.5) is 8.78 Å². The summed E-state index contributed by atoms with van der Waals surface area (Å²) in [6.07, 6.45) is -0.0386. The average molecular weight is 357 g/mol. The van der Waals surface area contributed by atoms with E-state index in [1.165, 1.54) is 4.90 Å². The molecule has 7 heteroatoms. The zero-order valence-corrected chi connectivity index (χ0v) is 13.9. The van der Waals surface area contributed by atoms with Crippen molar-refractivity contribution in [3.8, 4) is 6.07 Å². The number of hydrogen-bond donors (Lipinski definition) is 1. The first-order valence-corrected chi connectivity index (χ1v) is 7.93. The van der Waals surface area contributed by atoms with Crippen molar-refractivity contribution in [2.24, 2.45) is 0 Å². The Morgan fingerprint density at radius 1 is 1.12 bits per heavy atom. The Bertz CT molecular complexity index is 819. The minimum absolute atomic E-state index is 0.0226. The summed E-state index contributed by atoms with van der Waals surface area (Å²) in [6.45, 7) is 0.188. The van der Waals surface area contributed by atoms with Crippen molar-refractivity contribution in [2.45, 2.75) is 13.0 Å². The van der Waals surface area contributed by atoms with Crippen LogP contribution in [0.15, 0.2) is 48.5 Å². The fraction of sp³-hybridized carbons (Fsp3) is 0.211. The van der Waals surface area contributed by atoms with E-state index in [9.17, 15) is 18.4 Å². The van der Waals surface area contributed by atoms with Crippen LogP contribution in [-0.4, -0.2) is 29.8 Å². The quantitative estimate of drug-likeness (QED) is 0.774. The van der Waals surface area contributed by atoms with Crippen LogP contribution in [0.5, 0.6) is 0 Å². The summed E-state index contributed by atoms with van der Waals surface area (Å²) in [5.41, 5.74) is 0.588. The van der Waals surface area contributed by atoms with Gasteiger partial charge in [0.1, 0.15) is 18.2 Å². The number of nitrogens with one attached hydrogen (secondary N) is 1. The lowest BCUT2D eigenvalue weighted by Crippen LogP contribution is -2.34. The molecule has 0 aromatic heterocycles. The fourth-order valence-electron chi connectivity index (χ4n) is 2.33. The van der Waals surface area contributed by atoms with E-state index in [0.717, 1.165) is 17.7 Å². The first-order valence-electron chi connectivity index (χ1n) is 7.93. The zero-order valence-electron chi connectivity index (χ0n) is 13.9. The van der Waals surface area contributed by atoms with Crippen molar-refractivity contribution in [3.63, 3.8) is 0 Å². The van der Waals surface area contributed by atoms with E-state index in [1.54, 1.807) is 0 Å². The third-order valence-electron chi connectivity index (χ3n) is 3.63. The highest BCUT2D eigenvalue weighted by atomic mass is 19.1. The molecule has 0 saturated carbocycles. The number of amides is 2. The van der Waals surface area contributed by atoms with Gasteiger partial charge in [0, 0.05) is 25.6 Å². The lowest BCUT2D eigenvalue weighted by Gasteiger charge is -2.20. The predicted molar refractivity (Wildman–Crippen MR) is 90.8 cm³/mol. The molecule has 26 heavy (non-hydrogen) atoms. The number of nitriles is 1. The van der Waals surface area contributed by atoms with Gasteiger partial charge in [0.25, 0.3) is 5.91 Å². The summed E-state index contributed by atoms with van der Waals surface area (Å²) in [6, 6.07) is 13.8. The summed E-state index contributed by atoms with van der Waals surface area (Å²) in [5.74, 6) is -2.79. The third-order valence-corrected chi connectivity index (χ3v) is 3.63. The SMILES string of the molecule is N#CCN(Cc1ccccc1)C(=O)CCNC(=O)c1ccc(F)cc1F. The first kappa shape index (κ1) is 19.1. The summed E-state index contributed by atoms with van der Waals surface area (Å²) in [7, 11) is 0. The maximum Gasteiger partial charge on any atom is 0.254 e. The summed E-state index contributed by atoms with van der Waals surface area (Å²) in [5, 5.41) is 11.3. The number of nitrogens with zero attached hydrogens (tertiary/aromatic N) is 2. The van der Waals surface area contributed by atoms with E-state index in [-0.39, 0.29) is 37.5 Å². The molecule has 0 aliphatic rings. The minimum atomic E-state index is -0.969. The molecule has 2 rings (SSSR count). The van der Waals surface area contributed by atoms with Crippen LogP contribution in [0.3, 0.4) is 0 Å². The standard InChI is InChI=1S/C19H17F2N3O2/c20-15-6-7-16(17(21)12-15)19(26)23-10-8-18(25)24(11-9-22)13-14-4-2-1-3-5-14/h1-7,12H,8,10-11,13H2,(H,23,26). The topological polar surface area (TPSA) is 73.2 Å². The van der Waals surface area contributed by atoms with Gasteiger partial charge in [-0.3, -0.25) is 9.59 Å². The Morgan fingerprint density at radius 2 is 1.85 bits per heavy atom. The molecule has 0 bridgehead atoms. The number of rotatable bonds is 7. The molecular weight excluding hydrogens is 340 g/mol. The number of carbonyl (C=O) groups excluding carboxylic acids is 2. The average Bonchev–Trinajstić information content (AvgIpc) is 2.62. The van der Waals surface area contributed by atoms with Crippen LogP contribution in [0, 0.1) is 23.0 Å². The maximum absolute atomic E-state index is 13.5. The molecule has 1 N–H and O–H groups in total. The van der Waals surface area contributed by atoms with Gasteiger partial charge < -0.3 is 10.2 Å². The van der Waals surface area contributed by atoms with Crippen molar-refractivity contribution in [1.29, 1.82) is 5.26 Å². The number of carbonyl (C=O) groups is 2. The van der Waals surface area contributed by atoms with Gasteiger partial charge in [-0.05, 0) is 17.7 Å². The van der Waals surface area contributed by atoms with Crippen LogP contribution in [0.1, 0.15) is 22.3 Å². The van der Waals surface area contributed by atoms with Gasteiger partial charge in [-0.2, -0.15) is 5.26 Å². The highest BCUT2D eigenvalue weighted by Crippen LogP contribution is 2.09. The summed E-state index contributed by atoms with van der Waals surface area (Å²) < 4.78 is 26.4. The molecule has 2 amide bonds. The van der Waals surface area contributed by atoms with Crippen molar-refractivity contribution in [2.75, 3.05) is 13.1 Å². The van der Waals surface area contributed by atoms with Gasteiger partial charge in [-0.1, -0.05) is 30.3 Å². The van der Waals surface area contributed by atoms with Gasteiger partial charge in [-0.15, -0.1) is 0 Å². The molecule has 0 aliphatic heterocycles. The summed E-state index contributed by atoms with van der Waals surface area (Å²) in [4.78, 5) is 25.5. The first-order chi connectivity index (χ1) is 12.5. The third kappa shape index (κ3) is 5.38. The van der Waals surface area contributed by atoms with E-state index < -0.39 is 17.5 Å². The van der Waals surface area contributed by atoms with E-state index in [0.29, 0.717) is 6.07 Å². The molecular formula is C19H17F2N3O2. The van der Waals surface area contributed by atoms with Crippen molar-refractivity contribution in [3.05, 3.63) is 71.3 Å². The van der Waals surface area contributed by atoms with Gasteiger partial charge in [0.2, 0.25) is 5.91 Å². The molecule has 0 radical (unpaired) electrons. The Balaban J connectivity index is 1.89. The number of benzene rings is 2. The van der Waals surface area contributed by atoms with Crippen LogP contribution in [0.25, 0.3) is 0 Å². The Labute approximate surface area is 149 Å². The number of halogens is 2. The minimum Gasteiger partial charge on any atom is -0.351 e. The largest absolute Gasteiger partial charge is 0.351 e. The zero-order chi connectivity index (χ0) is 18.9. The Morgan fingerprint density at radius 3 is 2.50 bits per heavy atom. The molecule has 5 nitrogen and oxygen atoms in total. The van der Waals surface area contributed by atoms with Crippen molar-refractivity contribution >= 4 is 11.8 Å². The van der Waals surface area contributed by atoms with Gasteiger partial charge in [0.15, 0.2) is 0 Å². The maximum atomic E-state index is 13.5. The van der Waals surface area contributed by atoms with Gasteiger partial charge in [-0.25, -0.2) is 8.78 Å². The molecule has 0 saturated heterocycles. The number of hydrogen-bond acceptors (Lipinski definition) is 3. The highest BCUT2D eigenvalue weighted by Gasteiger charge is 2.16. The van der Waals surface area contributed by atoms with Gasteiger partial charge in [0.05, 0.1) is 11.6 Å². The molecule has 0 heterocycles. The van der Waals surface area contributed by atoms with Crippen LogP contribution in [0.2, 0.25) is 0 Å². The lowest BCUT2D eigenvalue weighted by atomic mass is 10.2. The monoisotopic (exact) mass is 357 g/mol.